The van der Waals surface area contributed by atoms with E-state index >= 15 is 0 Å². The lowest BCUT2D eigenvalue weighted by atomic mass is 10.1. The van der Waals surface area contributed by atoms with Crippen LogP contribution in [0.4, 0.5) is 10.8 Å². The van der Waals surface area contributed by atoms with Crippen molar-refractivity contribution in [2.75, 3.05) is 12.4 Å². The molecule has 0 bridgehead atoms. The fraction of sp³-hybridized carbons (Fsp3) is 0.115. The van der Waals surface area contributed by atoms with Gasteiger partial charge in [-0.1, -0.05) is 53.3 Å². The summed E-state index contributed by atoms with van der Waals surface area (Å²) in [5.41, 5.74) is 4.74. The summed E-state index contributed by atoms with van der Waals surface area (Å²) in [4.78, 5) is 22.6. The van der Waals surface area contributed by atoms with Crippen molar-refractivity contribution in [3.8, 4) is 5.75 Å². The lowest BCUT2D eigenvalue weighted by Gasteiger charge is -2.08. The SMILES string of the molecule is COc1cccc2cc(C(=O)Nc3nc4ccccc4s3)c(=Nc3ccc(C)cc3C)oc12. The van der Waals surface area contributed by atoms with Crippen molar-refractivity contribution in [2.24, 2.45) is 4.99 Å². The highest BCUT2D eigenvalue weighted by Crippen LogP contribution is 2.28. The molecule has 0 fully saturated rings. The molecule has 6 nitrogen and oxygen atoms in total. The molecule has 5 rings (SSSR count). The minimum atomic E-state index is -0.342. The minimum Gasteiger partial charge on any atom is -0.493 e. The first-order valence-corrected chi connectivity index (χ1v) is 11.2. The van der Waals surface area contributed by atoms with E-state index in [4.69, 9.17) is 14.1 Å². The van der Waals surface area contributed by atoms with E-state index in [1.807, 2.05) is 74.5 Å². The number of aryl methyl sites for hydroxylation is 2. The van der Waals surface area contributed by atoms with Crippen LogP contribution in [0.2, 0.25) is 0 Å². The number of carbonyl (C=O) groups is 1. The molecule has 1 N–H and O–H groups in total. The Kier molecular flexibility index (Phi) is 5.40. The van der Waals surface area contributed by atoms with Gasteiger partial charge in [0.15, 0.2) is 16.5 Å². The van der Waals surface area contributed by atoms with Crippen molar-refractivity contribution < 1.29 is 13.9 Å². The van der Waals surface area contributed by atoms with E-state index in [2.05, 4.69) is 10.3 Å². The van der Waals surface area contributed by atoms with Crippen molar-refractivity contribution in [3.63, 3.8) is 0 Å². The lowest BCUT2D eigenvalue weighted by molar-refractivity contribution is 0.102. The number of carbonyl (C=O) groups excluding carboxylic acids is 1. The molecule has 3 aromatic carbocycles. The summed E-state index contributed by atoms with van der Waals surface area (Å²) in [7, 11) is 1.58. The molecule has 0 radical (unpaired) electrons. The largest absolute Gasteiger partial charge is 0.493 e. The monoisotopic (exact) mass is 455 g/mol. The Hall–Kier alpha value is -3.97. The van der Waals surface area contributed by atoms with Crippen LogP contribution in [0.25, 0.3) is 21.2 Å². The van der Waals surface area contributed by atoms with Gasteiger partial charge in [0.25, 0.3) is 5.91 Å². The average Bonchev–Trinajstić information content (AvgIpc) is 3.22. The Morgan fingerprint density at radius 1 is 1.06 bits per heavy atom. The normalized spacial score (nSPS) is 11.8. The summed E-state index contributed by atoms with van der Waals surface area (Å²) in [5.74, 6) is 0.230. The van der Waals surface area contributed by atoms with Crippen molar-refractivity contribution >= 4 is 49.2 Å². The van der Waals surface area contributed by atoms with E-state index in [0.29, 0.717) is 22.0 Å². The number of fused-ring (bicyclic) bond motifs is 2. The van der Waals surface area contributed by atoms with Crippen LogP contribution in [0.5, 0.6) is 5.75 Å². The van der Waals surface area contributed by atoms with Crippen LogP contribution in [0.1, 0.15) is 21.5 Å². The van der Waals surface area contributed by atoms with Crippen molar-refractivity contribution in [1.82, 2.24) is 4.98 Å². The molecule has 2 aromatic heterocycles. The van der Waals surface area contributed by atoms with Crippen LogP contribution < -0.4 is 15.6 Å². The molecule has 33 heavy (non-hydrogen) atoms. The van der Waals surface area contributed by atoms with Crippen molar-refractivity contribution in [1.29, 1.82) is 0 Å². The number of hydrogen-bond donors (Lipinski definition) is 1. The Labute approximate surface area is 194 Å². The zero-order chi connectivity index (χ0) is 22.9. The van der Waals surface area contributed by atoms with Crippen LogP contribution in [0.15, 0.2) is 76.1 Å². The molecular weight excluding hydrogens is 434 g/mol. The minimum absolute atomic E-state index is 0.206. The standard InChI is InChI=1S/C26H21N3O3S/c1-15-11-12-19(16(2)13-15)27-25-18(14-17-7-6-9-21(31-3)23(17)32-25)24(30)29-26-28-20-8-4-5-10-22(20)33-26/h4-14H,1-3H3,(H,28,29,30). The third-order valence-corrected chi connectivity index (χ3v) is 6.24. The third kappa shape index (κ3) is 4.10. The highest BCUT2D eigenvalue weighted by Gasteiger charge is 2.17. The van der Waals surface area contributed by atoms with Gasteiger partial charge in [0, 0.05) is 5.39 Å². The van der Waals surface area contributed by atoms with Crippen molar-refractivity contribution in [3.05, 3.63) is 89.0 Å². The molecular formula is C26H21N3O3S. The predicted octanol–water partition coefficient (Wildman–Crippen LogP) is 6.15. The van der Waals surface area contributed by atoms with Gasteiger partial charge in [-0.2, -0.15) is 0 Å². The number of methoxy groups -OCH3 is 1. The average molecular weight is 456 g/mol. The number of amides is 1. The number of benzene rings is 3. The van der Waals surface area contributed by atoms with E-state index in [1.54, 1.807) is 13.2 Å². The highest BCUT2D eigenvalue weighted by atomic mass is 32.1. The molecule has 2 heterocycles. The molecule has 0 aliphatic carbocycles. The van der Waals surface area contributed by atoms with Gasteiger partial charge in [0.1, 0.15) is 5.56 Å². The number of nitrogens with zero attached hydrogens (tertiary/aromatic N) is 2. The van der Waals surface area contributed by atoms with Crippen LogP contribution in [0, 0.1) is 13.8 Å². The van der Waals surface area contributed by atoms with Crippen LogP contribution in [0.3, 0.4) is 0 Å². The number of anilines is 1. The van der Waals surface area contributed by atoms with Gasteiger partial charge in [-0.3, -0.25) is 10.1 Å². The molecule has 0 atom stereocenters. The van der Waals surface area contributed by atoms with Crippen LogP contribution >= 0.6 is 11.3 Å². The third-order valence-electron chi connectivity index (χ3n) is 5.29. The number of hydrogen-bond acceptors (Lipinski definition) is 6. The second kappa shape index (κ2) is 8.52. The van der Waals surface area contributed by atoms with Gasteiger partial charge in [0.05, 0.1) is 23.0 Å². The molecule has 0 aliphatic rings. The van der Waals surface area contributed by atoms with E-state index in [9.17, 15) is 4.79 Å². The number of ether oxygens (including phenoxy) is 1. The van der Waals surface area contributed by atoms with E-state index < -0.39 is 0 Å². The highest BCUT2D eigenvalue weighted by molar-refractivity contribution is 7.22. The van der Waals surface area contributed by atoms with Gasteiger partial charge < -0.3 is 9.15 Å². The smallest absolute Gasteiger partial charge is 0.262 e. The van der Waals surface area contributed by atoms with Gasteiger partial charge in [-0.15, -0.1) is 0 Å². The van der Waals surface area contributed by atoms with E-state index in [-0.39, 0.29) is 11.5 Å². The molecule has 0 unspecified atom stereocenters. The lowest BCUT2D eigenvalue weighted by Crippen LogP contribution is -2.21. The van der Waals surface area contributed by atoms with Crippen LogP contribution in [-0.4, -0.2) is 18.0 Å². The molecule has 0 spiro atoms. The van der Waals surface area contributed by atoms with Crippen LogP contribution in [-0.2, 0) is 0 Å². The maximum Gasteiger partial charge on any atom is 0.262 e. The summed E-state index contributed by atoms with van der Waals surface area (Å²) in [5, 5.41) is 4.17. The molecule has 5 aromatic rings. The van der Waals surface area contributed by atoms with Gasteiger partial charge in [-0.05, 0) is 49.7 Å². The second-order valence-electron chi connectivity index (χ2n) is 7.69. The topological polar surface area (TPSA) is 76.7 Å². The fourth-order valence-corrected chi connectivity index (χ4v) is 4.52. The summed E-state index contributed by atoms with van der Waals surface area (Å²) < 4.78 is 12.6. The van der Waals surface area contributed by atoms with Gasteiger partial charge >= 0.3 is 0 Å². The number of aromatic nitrogens is 1. The summed E-state index contributed by atoms with van der Waals surface area (Å²) >= 11 is 1.42. The molecule has 1 amide bonds. The van der Waals surface area contributed by atoms with Gasteiger partial charge in [-0.25, -0.2) is 9.98 Å². The first kappa shape index (κ1) is 20.9. The maximum atomic E-state index is 13.3. The molecule has 0 saturated carbocycles. The Bertz CT molecular complexity index is 1550. The predicted molar refractivity (Wildman–Crippen MR) is 131 cm³/mol. The first-order chi connectivity index (χ1) is 16.0. The molecule has 0 saturated heterocycles. The van der Waals surface area contributed by atoms with E-state index in [1.165, 1.54) is 11.3 Å². The molecule has 164 valence electrons. The molecule has 7 heteroatoms. The van der Waals surface area contributed by atoms with E-state index in [0.717, 1.165) is 32.4 Å². The summed E-state index contributed by atoms with van der Waals surface area (Å²) in [6.07, 6.45) is 0. The summed E-state index contributed by atoms with van der Waals surface area (Å²) in [6.45, 7) is 4.01. The fourth-order valence-electron chi connectivity index (χ4n) is 3.66. The number of thiazole rings is 1. The second-order valence-corrected chi connectivity index (χ2v) is 8.72. The number of para-hydroxylation sites is 2. The Morgan fingerprint density at radius 2 is 1.91 bits per heavy atom. The first-order valence-electron chi connectivity index (χ1n) is 10.4. The Morgan fingerprint density at radius 3 is 2.70 bits per heavy atom. The van der Waals surface area contributed by atoms with Crippen molar-refractivity contribution in [2.45, 2.75) is 13.8 Å². The summed E-state index contributed by atoms with van der Waals surface area (Å²) in [6, 6.07) is 21.0. The maximum absolute atomic E-state index is 13.3. The molecule has 0 aliphatic heterocycles. The zero-order valence-corrected chi connectivity index (χ0v) is 19.2. The van der Waals surface area contributed by atoms with Gasteiger partial charge in [0.2, 0.25) is 5.55 Å². The quantitative estimate of drug-likeness (QED) is 0.352. The number of rotatable bonds is 4. The Balaban J connectivity index is 1.66. The number of nitrogens with one attached hydrogen (secondary N) is 1. The zero-order valence-electron chi connectivity index (χ0n) is 18.4.